The lowest BCUT2D eigenvalue weighted by Crippen LogP contribution is -2.05. The molecule has 0 unspecified atom stereocenters. The zero-order valence-corrected chi connectivity index (χ0v) is 15.4. The number of aliphatic hydroxyl groups excluding tert-OH is 1. The maximum absolute atomic E-state index is 9.59. The van der Waals surface area contributed by atoms with E-state index in [-0.39, 0.29) is 6.61 Å². The highest BCUT2D eigenvalue weighted by Gasteiger charge is 2.15. The van der Waals surface area contributed by atoms with E-state index in [4.69, 9.17) is 14.2 Å². The van der Waals surface area contributed by atoms with E-state index in [1.807, 2.05) is 48.5 Å². The van der Waals surface area contributed by atoms with Crippen molar-refractivity contribution >= 4 is 0 Å². The number of rotatable bonds is 9. The average molecular weight is 364 g/mol. The van der Waals surface area contributed by atoms with Gasteiger partial charge in [0, 0.05) is 6.42 Å². The van der Waals surface area contributed by atoms with Gasteiger partial charge in [0.25, 0.3) is 0 Å². The van der Waals surface area contributed by atoms with Crippen molar-refractivity contribution in [2.24, 2.45) is 0 Å². The fraction of sp³-hybridized carbons (Fsp3) is 0.217. The van der Waals surface area contributed by atoms with Crippen LogP contribution in [0.1, 0.15) is 16.7 Å². The largest absolute Gasteiger partial charge is 0.490 e. The van der Waals surface area contributed by atoms with Crippen molar-refractivity contribution in [2.45, 2.75) is 19.6 Å². The Morgan fingerprint density at radius 2 is 1.33 bits per heavy atom. The molecule has 0 fully saturated rings. The van der Waals surface area contributed by atoms with Crippen LogP contribution in [-0.2, 0) is 19.6 Å². The number of hydrogen-bond donors (Lipinski definition) is 1. The monoisotopic (exact) mass is 364 g/mol. The van der Waals surface area contributed by atoms with Gasteiger partial charge in [0.05, 0.1) is 20.3 Å². The highest BCUT2D eigenvalue weighted by atomic mass is 16.5. The van der Waals surface area contributed by atoms with Crippen molar-refractivity contribution in [1.82, 2.24) is 0 Å². The summed E-state index contributed by atoms with van der Waals surface area (Å²) in [4.78, 5) is 0. The molecule has 1 N–H and O–H groups in total. The second kappa shape index (κ2) is 9.64. The fourth-order valence-electron chi connectivity index (χ4n) is 2.80. The quantitative estimate of drug-likeness (QED) is 0.612. The third kappa shape index (κ3) is 5.25. The van der Waals surface area contributed by atoms with E-state index >= 15 is 0 Å². The third-order valence-corrected chi connectivity index (χ3v) is 4.20. The smallest absolute Gasteiger partial charge is 0.203 e. The molecule has 0 aliphatic rings. The second-order valence-electron chi connectivity index (χ2n) is 6.14. The Labute approximate surface area is 160 Å². The zero-order chi connectivity index (χ0) is 18.9. The number of methoxy groups -OCH3 is 1. The Hall–Kier alpha value is -2.98. The summed E-state index contributed by atoms with van der Waals surface area (Å²) in [5.74, 6) is 1.67. The number of ether oxygens (including phenoxy) is 3. The van der Waals surface area contributed by atoms with Crippen LogP contribution in [0, 0.1) is 0 Å². The first kappa shape index (κ1) is 18.8. The predicted molar refractivity (Wildman–Crippen MR) is 105 cm³/mol. The molecule has 4 nitrogen and oxygen atoms in total. The van der Waals surface area contributed by atoms with Crippen molar-refractivity contribution in [3.63, 3.8) is 0 Å². The molecule has 140 valence electrons. The minimum absolute atomic E-state index is 0.0965. The molecule has 0 atom stereocenters. The molecule has 3 aromatic rings. The Kier molecular flexibility index (Phi) is 6.72. The molecule has 0 saturated carbocycles. The molecule has 3 aromatic carbocycles. The normalized spacial score (nSPS) is 10.4. The van der Waals surface area contributed by atoms with Gasteiger partial charge in [-0.2, -0.15) is 0 Å². The molecular formula is C23H24O4. The van der Waals surface area contributed by atoms with Crippen LogP contribution in [0.2, 0.25) is 0 Å². The van der Waals surface area contributed by atoms with Crippen molar-refractivity contribution in [2.75, 3.05) is 13.7 Å². The summed E-state index contributed by atoms with van der Waals surface area (Å²) in [5, 5.41) is 9.59. The van der Waals surface area contributed by atoms with E-state index in [2.05, 4.69) is 12.1 Å². The van der Waals surface area contributed by atoms with Crippen LogP contribution in [0.5, 0.6) is 17.2 Å². The van der Waals surface area contributed by atoms with E-state index in [1.54, 1.807) is 19.2 Å². The van der Waals surface area contributed by atoms with Crippen LogP contribution in [0.25, 0.3) is 0 Å². The van der Waals surface area contributed by atoms with Crippen LogP contribution in [0.15, 0.2) is 72.8 Å². The van der Waals surface area contributed by atoms with Gasteiger partial charge >= 0.3 is 0 Å². The van der Waals surface area contributed by atoms with Gasteiger partial charge in [0.1, 0.15) is 6.61 Å². The molecular weight excluding hydrogens is 340 g/mol. The summed E-state index contributed by atoms with van der Waals surface area (Å²) in [6, 6.07) is 23.6. The summed E-state index contributed by atoms with van der Waals surface area (Å²) in [6.45, 7) is 0.823. The number of benzene rings is 3. The standard InChI is InChI=1S/C23H24O4/c1-25-23-21(26-13-12-18-8-4-2-5-9-18)14-20(16-24)15-22(23)27-17-19-10-6-3-7-11-19/h2-11,14-15,24H,12-13,16-17H2,1H3. The van der Waals surface area contributed by atoms with Gasteiger partial charge in [-0.15, -0.1) is 0 Å². The number of hydrogen-bond acceptors (Lipinski definition) is 4. The first-order chi connectivity index (χ1) is 13.3. The van der Waals surface area contributed by atoms with Crippen molar-refractivity contribution < 1.29 is 19.3 Å². The predicted octanol–water partition coefficient (Wildman–Crippen LogP) is 4.39. The van der Waals surface area contributed by atoms with E-state index in [9.17, 15) is 5.11 Å². The molecule has 0 saturated heterocycles. The summed E-state index contributed by atoms with van der Waals surface area (Å²) in [5.41, 5.74) is 2.98. The molecule has 0 heterocycles. The lowest BCUT2D eigenvalue weighted by Gasteiger charge is -2.17. The highest BCUT2D eigenvalue weighted by Crippen LogP contribution is 2.39. The molecule has 0 amide bonds. The lowest BCUT2D eigenvalue weighted by atomic mass is 10.1. The van der Waals surface area contributed by atoms with Crippen LogP contribution >= 0.6 is 0 Å². The topological polar surface area (TPSA) is 47.9 Å². The summed E-state index contributed by atoms with van der Waals surface area (Å²) >= 11 is 0. The Morgan fingerprint density at radius 3 is 1.93 bits per heavy atom. The van der Waals surface area contributed by atoms with E-state index in [0.717, 1.165) is 12.0 Å². The van der Waals surface area contributed by atoms with Gasteiger partial charge in [-0.1, -0.05) is 60.7 Å². The van der Waals surface area contributed by atoms with Crippen LogP contribution in [0.4, 0.5) is 0 Å². The van der Waals surface area contributed by atoms with Gasteiger partial charge in [0.2, 0.25) is 5.75 Å². The van der Waals surface area contributed by atoms with E-state index in [1.165, 1.54) is 5.56 Å². The van der Waals surface area contributed by atoms with Gasteiger partial charge in [-0.05, 0) is 28.8 Å². The second-order valence-corrected chi connectivity index (χ2v) is 6.14. The first-order valence-corrected chi connectivity index (χ1v) is 8.95. The maximum atomic E-state index is 9.59. The average Bonchev–Trinajstić information content (AvgIpc) is 2.73. The number of aliphatic hydroxyl groups is 1. The van der Waals surface area contributed by atoms with Crippen LogP contribution in [-0.4, -0.2) is 18.8 Å². The van der Waals surface area contributed by atoms with Crippen LogP contribution < -0.4 is 14.2 Å². The maximum Gasteiger partial charge on any atom is 0.203 e. The molecule has 27 heavy (non-hydrogen) atoms. The SMILES string of the molecule is COc1c(OCCc2ccccc2)cc(CO)cc1OCc1ccccc1. The van der Waals surface area contributed by atoms with E-state index < -0.39 is 0 Å². The van der Waals surface area contributed by atoms with Crippen molar-refractivity contribution in [3.8, 4) is 17.2 Å². The Balaban J connectivity index is 1.73. The van der Waals surface area contributed by atoms with Crippen molar-refractivity contribution in [3.05, 3.63) is 89.5 Å². The highest BCUT2D eigenvalue weighted by molar-refractivity contribution is 5.54. The summed E-state index contributed by atoms with van der Waals surface area (Å²) in [6.07, 6.45) is 0.785. The minimum Gasteiger partial charge on any atom is -0.490 e. The lowest BCUT2D eigenvalue weighted by molar-refractivity contribution is 0.255. The third-order valence-electron chi connectivity index (χ3n) is 4.20. The summed E-state index contributed by atoms with van der Waals surface area (Å²) < 4.78 is 17.4. The molecule has 0 aromatic heterocycles. The van der Waals surface area contributed by atoms with E-state index in [0.29, 0.717) is 36.0 Å². The van der Waals surface area contributed by atoms with Gasteiger partial charge in [-0.25, -0.2) is 0 Å². The van der Waals surface area contributed by atoms with Gasteiger partial charge in [0.15, 0.2) is 11.5 Å². The molecule has 0 aliphatic carbocycles. The molecule has 0 spiro atoms. The molecule has 0 radical (unpaired) electrons. The first-order valence-electron chi connectivity index (χ1n) is 8.95. The Bertz CT molecular complexity index is 832. The minimum atomic E-state index is -0.0965. The molecule has 0 bridgehead atoms. The fourth-order valence-corrected chi connectivity index (χ4v) is 2.80. The zero-order valence-electron chi connectivity index (χ0n) is 15.4. The summed E-state index contributed by atoms with van der Waals surface area (Å²) in [7, 11) is 1.59. The Morgan fingerprint density at radius 1 is 0.741 bits per heavy atom. The molecule has 0 aliphatic heterocycles. The molecule has 4 heteroatoms. The van der Waals surface area contributed by atoms with Crippen LogP contribution in [0.3, 0.4) is 0 Å². The van der Waals surface area contributed by atoms with Crippen molar-refractivity contribution in [1.29, 1.82) is 0 Å². The van der Waals surface area contributed by atoms with Gasteiger partial charge in [-0.3, -0.25) is 0 Å². The van der Waals surface area contributed by atoms with Gasteiger partial charge < -0.3 is 19.3 Å². The molecule has 3 rings (SSSR count).